The van der Waals surface area contributed by atoms with Crippen molar-refractivity contribution in [1.82, 2.24) is 0 Å². The van der Waals surface area contributed by atoms with Gasteiger partial charge in [0, 0.05) is 4.47 Å². The summed E-state index contributed by atoms with van der Waals surface area (Å²) in [4.78, 5) is 22.8. The van der Waals surface area contributed by atoms with Crippen LogP contribution < -0.4 is 0 Å². The summed E-state index contributed by atoms with van der Waals surface area (Å²) >= 11 is 3.65. The highest BCUT2D eigenvalue weighted by atomic mass is 79.9. The number of fused-ring (bicyclic) bond motifs is 1. The Morgan fingerprint density at radius 3 is 2.04 bits per heavy atom. The molecule has 0 saturated heterocycles. The third kappa shape index (κ3) is 3.57. The van der Waals surface area contributed by atoms with Gasteiger partial charge in [0.05, 0.1) is 5.56 Å². The summed E-state index contributed by atoms with van der Waals surface area (Å²) in [5, 5.41) is 12.4. The van der Waals surface area contributed by atoms with E-state index in [1.54, 1.807) is 12.1 Å². The summed E-state index contributed by atoms with van der Waals surface area (Å²) in [6.45, 7) is 8.99. The van der Waals surface area contributed by atoms with Crippen molar-refractivity contribution in [3.63, 3.8) is 0 Å². The molecule has 2 aromatic carbocycles. The lowest BCUT2D eigenvalue weighted by molar-refractivity contribution is 0.0697. The van der Waals surface area contributed by atoms with Crippen molar-refractivity contribution < 1.29 is 9.90 Å². The zero-order valence-corrected chi connectivity index (χ0v) is 17.6. The molecule has 0 aliphatic heterocycles. The first-order valence-electron chi connectivity index (χ1n) is 9.07. The lowest BCUT2D eigenvalue weighted by Gasteiger charge is -2.42. The molecule has 5 heteroatoms. The molecule has 0 spiro atoms. The Morgan fingerprint density at radius 2 is 1.56 bits per heavy atom. The van der Waals surface area contributed by atoms with E-state index < -0.39 is 12.0 Å². The van der Waals surface area contributed by atoms with Gasteiger partial charge in [-0.05, 0) is 64.1 Å². The van der Waals surface area contributed by atoms with E-state index in [4.69, 9.17) is 5.11 Å². The minimum Gasteiger partial charge on any atom is -0.478 e. The Labute approximate surface area is 168 Å². The highest BCUT2D eigenvalue weighted by Crippen LogP contribution is 2.48. The van der Waals surface area contributed by atoms with E-state index in [1.807, 2.05) is 0 Å². The fraction of sp³-hybridized carbons (Fsp3) is 0.409. The number of nitroso groups, excluding NO2 is 1. The summed E-state index contributed by atoms with van der Waals surface area (Å²) in [6, 6.07) is 9.90. The molecule has 3 rings (SSSR count). The third-order valence-electron chi connectivity index (χ3n) is 5.84. The van der Waals surface area contributed by atoms with Crippen LogP contribution in [0.15, 0.2) is 46.0 Å². The lowest BCUT2D eigenvalue weighted by atomic mass is 9.63. The standard InChI is InChI=1S/C22H24BrNO3/c1-21(2)9-10-22(3,4)17-12-18(23)15(11-16(17)21)19(24-27)13-5-7-14(8-6-13)20(25)26/h5-8,11-12,19H,9-10H2,1-4H3,(H,25,26). The van der Waals surface area contributed by atoms with E-state index >= 15 is 0 Å². The summed E-state index contributed by atoms with van der Waals surface area (Å²) in [5.41, 5.74) is 4.37. The van der Waals surface area contributed by atoms with Crippen molar-refractivity contribution in [2.24, 2.45) is 5.18 Å². The van der Waals surface area contributed by atoms with Crippen molar-refractivity contribution in [3.05, 3.63) is 73.6 Å². The van der Waals surface area contributed by atoms with Gasteiger partial charge in [-0.1, -0.05) is 67.0 Å². The van der Waals surface area contributed by atoms with Gasteiger partial charge in [0.2, 0.25) is 0 Å². The van der Waals surface area contributed by atoms with Gasteiger partial charge in [-0.15, -0.1) is 4.91 Å². The van der Waals surface area contributed by atoms with Crippen LogP contribution in [0.1, 0.15) is 79.2 Å². The fourth-order valence-corrected chi connectivity index (χ4v) is 4.48. The predicted molar refractivity (Wildman–Crippen MR) is 110 cm³/mol. The number of carboxylic acids is 1. The summed E-state index contributed by atoms with van der Waals surface area (Å²) in [5.74, 6) is -0.990. The molecule has 0 fully saturated rings. The van der Waals surface area contributed by atoms with Crippen molar-refractivity contribution in [2.45, 2.75) is 57.4 Å². The molecule has 0 amide bonds. The van der Waals surface area contributed by atoms with Gasteiger partial charge in [0.25, 0.3) is 0 Å². The number of carbonyl (C=O) groups is 1. The number of aromatic carboxylic acids is 1. The molecule has 0 aromatic heterocycles. The summed E-state index contributed by atoms with van der Waals surface area (Å²) in [6.07, 6.45) is 2.20. The topological polar surface area (TPSA) is 66.7 Å². The van der Waals surface area contributed by atoms with Crippen molar-refractivity contribution in [2.75, 3.05) is 0 Å². The SMILES string of the molecule is CC1(C)CCC(C)(C)c2cc(C(N=O)c3ccc(C(=O)O)cc3)c(Br)cc21. The first kappa shape index (κ1) is 19.7. The molecular formula is C22H24BrNO3. The van der Waals surface area contributed by atoms with Crippen LogP contribution in [0, 0.1) is 4.91 Å². The highest BCUT2D eigenvalue weighted by molar-refractivity contribution is 9.10. The van der Waals surface area contributed by atoms with Crippen LogP contribution in [0.5, 0.6) is 0 Å². The second kappa shape index (κ2) is 6.86. The quantitative estimate of drug-likeness (QED) is 0.575. The molecule has 27 heavy (non-hydrogen) atoms. The van der Waals surface area contributed by atoms with Gasteiger partial charge in [-0.3, -0.25) is 0 Å². The van der Waals surface area contributed by atoms with Gasteiger partial charge in [-0.2, -0.15) is 0 Å². The molecule has 1 unspecified atom stereocenters. The Bertz CT molecular complexity index is 901. The monoisotopic (exact) mass is 429 g/mol. The average molecular weight is 430 g/mol. The molecule has 1 N–H and O–H groups in total. The molecule has 1 aliphatic rings. The molecule has 4 nitrogen and oxygen atoms in total. The van der Waals surface area contributed by atoms with Crippen molar-refractivity contribution in [3.8, 4) is 0 Å². The maximum atomic E-state index is 11.7. The zero-order chi connectivity index (χ0) is 20.0. The summed E-state index contributed by atoms with van der Waals surface area (Å²) in [7, 11) is 0. The van der Waals surface area contributed by atoms with E-state index in [0.29, 0.717) is 5.56 Å². The maximum absolute atomic E-state index is 11.7. The molecule has 0 heterocycles. The average Bonchev–Trinajstić information content (AvgIpc) is 2.61. The fourth-order valence-electron chi connectivity index (χ4n) is 3.92. The van der Waals surface area contributed by atoms with Crippen LogP contribution in [-0.2, 0) is 10.8 Å². The van der Waals surface area contributed by atoms with Crippen LogP contribution in [-0.4, -0.2) is 11.1 Å². The van der Waals surface area contributed by atoms with E-state index in [-0.39, 0.29) is 16.4 Å². The smallest absolute Gasteiger partial charge is 0.335 e. The van der Waals surface area contributed by atoms with E-state index in [0.717, 1.165) is 22.9 Å². The number of rotatable bonds is 4. The zero-order valence-electron chi connectivity index (χ0n) is 16.0. The first-order valence-corrected chi connectivity index (χ1v) is 9.86. The third-order valence-corrected chi connectivity index (χ3v) is 6.53. The number of hydrogen-bond donors (Lipinski definition) is 1. The largest absolute Gasteiger partial charge is 0.478 e. The predicted octanol–water partition coefficient (Wildman–Crippen LogP) is 6.35. The van der Waals surface area contributed by atoms with E-state index in [1.165, 1.54) is 23.3 Å². The van der Waals surface area contributed by atoms with Gasteiger partial charge < -0.3 is 5.11 Å². The Kier molecular flexibility index (Phi) is 5.02. The number of benzene rings is 2. The molecule has 2 aromatic rings. The Morgan fingerprint density at radius 1 is 1.04 bits per heavy atom. The van der Waals surface area contributed by atoms with Gasteiger partial charge >= 0.3 is 5.97 Å². The number of nitrogens with zero attached hydrogens (tertiary/aromatic N) is 1. The molecule has 1 atom stereocenters. The lowest BCUT2D eigenvalue weighted by Crippen LogP contribution is -2.34. The minimum absolute atomic E-state index is 0.0287. The molecule has 142 valence electrons. The number of carboxylic acid groups (broad SMARTS) is 1. The molecule has 0 bridgehead atoms. The summed E-state index contributed by atoms with van der Waals surface area (Å²) < 4.78 is 0.860. The van der Waals surface area contributed by atoms with Gasteiger partial charge in [0.15, 0.2) is 0 Å². The van der Waals surface area contributed by atoms with Crippen LogP contribution in [0.4, 0.5) is 0 Å². The maximum Gasteiger partial charge on any atom is 0.335 e. The van der Waals surface area contributed by atoms with Crippen LogP contribution in [0.3, 0.4) is 0 Å². The highest BCUT2D eigenvalue weighted by Gasteiger charge is 2.38. The number of hydrogen-bond acceptors (Lipinski definition) is 3. The Hall–Kier alpha value is -2.01. The molecular weight excluding hydrogens is 406 g/mol. The normalized spacial score (nSPS) is 18.4. The second-order valence-electron chi connectivity index (χ2n) is 8.62. The second-order valence-corrected chi connectivity index (χ2v) is 9.48. The molecule has 1 aliphatic carbocycles. The van der Waals surface area contributed by atoms with E-state index in [2.05, 4.69) is 60.9 Å². The van der Waals surface area contributed by atoms with Gasteiger partial charge in [-0.25, -0.2) is 4.79 Å². The van der Waals surface area contributed by atoms with Crippen molar-refractivity contribution >= 4 is 21.9 Å². The Balaban J connectivity index is 2.13. The molecule has 0 radical (unpaired) electrons. The van der Waals surface area contributed by atoms with Crippen molar-refractivity contribution in [1.29, 1.82) is 0 Å². The first-order chi connectivity index (χ1) is 12.6. The molecule has 0 saturated carbocycles. The van der Waals surface area contributed by atoms with Crippen LogP contribution in [0.25, 0.3) is 0 Å². The number of halogens is 1. The van der Waals surface area contributed by atoms with Gasteiger partial charge in [0.1, 0.15) is 6.04 Å². The van der Waals surface area contributed by atoms with Crippen LogP contribution in [0.2, 0.25) is 0 Å². The minimum atomic E-state index is -0.990. The van der Waals surface area contributed by atoms with E-state index in [9.17, 15) is 9.70 Å². The van der Waals surface area contributed by atoms with Crippen LogP contribution >= 0.6 is 15.9 Å².